The standard InChI is InChI=1S/C19H24Cl2N2O2.C2HF3O2/c20-14-2-4-15(17(21)10-14)16-3-1-12(9-18(16)22)11-23-7-5-13(6-8-23)19(24)25;3-2(4,5)1(6)7/h1-2,4,10,13,16,18H,3,5-9,11,22H2,(H,24,25);(H,6,7)/t16-,18+;/m1./s1. The Kier molecular flexibility index (Phi) is 9.39. The Morgan fingerprint density at radius 2 is 1.75 bits per heavy atom. The van der Waals surface area contributed by atoms with Gasteiger partial charge in [0, 0.05) is 28.5 Å². The van der Waals surface area contributed by atoms with Gasteiger partial charge < -0.3 is 15.9 Å². The number of hydrogen-bond donors (Lipinski definition) is 3. The van der Waals surface area contributed by atoms with Crippen LogP contribution in [0.5, 0.6) is 0 Å². The number of piperidine rings is 1. The van der Waals surface area contributed by atoms with E-state index in [1.54, 1.807) is 6.07 Å². The van der Waals surface area contributed by atoms with Crippen LogP contribution in [0.4, 0.5) is 13.2 Å². The van der Waals surface area contributed by atoms with Crippen molar-refractivity contribution in [1.82, 2.24) is 4.90 Å². The highest BCUT2D eigenvalue weighted by Crippen LogP contribution is 2.36. The van der Waals surface area contributed by atoms with Crippen LogP contribution >= 0.6 is 23.2 Å². The number of nitrogens with zero attached hydrogens (tertiary/aromatic N) is 1. The van der Waals surface area contributed by atoms with Gasteiger partial charge in [-0.1, -0.05) is 40.9 Å². The minimum Gasteiger partial charge on any atom is -0.481 e. The summed E-state index contributed by atoms with van der Waals surface area (Å²) in [4.78, 5) is 22.3. The smallest absolute Gasteiger partial charge is 0.481 e. The molecule has 1 fully saturated rings. The largest absolute Gasteiger partial charge is 0.490 e. The minimum atomic E-state index is -5.08. The highest BCUT2D eigenvalue weighted by atomic mass is 35.5. The number of halogens is 5. The topological polar surface area (TPSA) is 104 Å². The van der Waals surface area contributed by atoms with Crippen LogP contribution in [0.15, 0.2) is 29.8 Å². The van der Waals surface area contributed by atoms with Gasteiger partial charge in [-0.2, -0.15) is 13.2 Å². The Bertz CT molecular complexity index is 856. The van der Waals surface area contributed by atoms with E-state index in [4.69, 9.17) is 43.9 Å². The molecule has 11 heteroatoms. The summed E-state index contributed by atoms with van der Waals surface area (Å²) in [6.45, 7) is 2.58. The highest BCUT2D eigenvalue weighted by Gasteiger charge is 2.38. The molecular formula is C21H25Cl2F3N2O4. The lowest BCUT2D eigenvalue weighted by atomic mass is 9.80. The van der Waals surface area contributed by atoms with Crippen molar-refractivity contribution in [3.63, 3.8) is 0 Å². The number of allylic oxidation sites excluding steroid dienone is 1. The normalized spacial score (nSPS) is 22.5. The highest BCUT2D eigenvalue weighted by molar-refractivity contribution is 6.35. The number of aliphatic carboxylic acids is 2. The molecule has 32 heavy (non-hydrogen) atoms. The third-order valence-corrected chi connectivity index (χ3v) is 6.21. The van der Waals surface area contributed by atoms with Gasteiger partial charge in [-0.3, -0.25) is 9.69 Å². The van der Waals surface area contributed by atoms with E-state index < -0.39 is 18.1 Å². The fourth-order valence-electron chi connectivity index (χ4n) is 3.91. The Morgan fingerprint density at radius 1 is 1.16 bits per heavy atom. The van der Waals surface area contributed by atoms with E-state index in [9.17, 15) is 18.0 Å². The second-order valence-corrected chi connectivity index (χ2v) is 8.77. The first-order valence-corrected chi connectivity index (χ1v) is 10.8. The van der Waals surface area contributed by atoms with Crippen molar-refractivity contribution in [2.24, 2.45) is 11.7 Å². The van der Waals surface area contributed by atoms with Crippen molar-refractivity contribution in [2.45, 2.75) is 43.8 Å². The summed E-state index contributed by atoms with van der Waals surface area (Å²) >= 11 is 12.3. The summed E-state index contributed by atoms with van der Waals surface area (Å²) in [5.41, 5.74) is 8.86. The zero-order chi connectivity index (χ0) is 24.1. The molecule has 2 aliphatic rings. The third kappa shape index (κ3) is 7.65. The van der Waals surface area contributed by atoms with Gasteiger partial charge in [0.2, 0.25) is 0 Å². The lowest BCUT2D eigenvalue weighted by Crippen LogP contribution is -2.39. The molecule has 0 spiro atoms. The molecule has 6 nitrogen and oxygen atoms in total. The summed E-state index contributed by atoms with van der Waals surface area (Å²) in [6.07, 6.45) is 0.392. The van der Waals surface area contributed by atoms with Gasteiger partial charge in [0.05, 0.1) is 5.92 Å². The average molecular weight is 497 g/mol. The number of nitrogens with two attached hydrogens (primary N) is 1. The van der Waals surface area contributed by atoms with E-state index in [2.05, 4.69) is 11.0 Å². The molecule has 1 aromatic rings. The van der Waals surface area contributed by atoms with Crippen molar-refractivity contribution in [2.75, 3.05) is 19.6 Å². The first kappa shape index (κ1) is 26.4. The van der Waals surface area contributed by atoms with Crippen LogP contribution in [0.25, 0.3) is 0 Å². The van der Waals surface area contributed by atoms with Crippen LogP contribution < -0.4 is 5.73 Å². The maximum absolute atomic E-state index is 11.0. The maximum Gasteiger partial charge on any atom is 0.490 e. The van der Waals surface area contributed by atoms with Gasteiger partial charge in [-0.05, 0) is 56.5 Å². The van der Waals surface area contributed by atoms with E-state index >= 15 is 0 Å². The van der Waals surface area contributed by atoms with Crippen molar-refractivity contribution in [3.8, 4) is 0 Å². The monoisotopic (exact) mass is 496 g/mol. The molecule has 2 atom stereocenters. The molecule has 0 bridgehead atoms. The lowest BCUT2D eigenvalue weighted by Gasteiger charge is -2.34. The average Bonchev–Trinajstić information content (AvgIpc) is 2.69. The number of rotatable bonds is 4. The maximum atomic E-state index is 11.0. The molecule has 0 unspecified atom stereocenters. The fraction of sp³-hybridized carbons (Fsp3) is 0.524. The second-order valence-electron chi connectivity index (χ2n) is 7.93. The number of likely N-dealkylation sites (tertiary alicyclic amines) is 1. The summed E-state index contributed by atoms with van der Waals surface area (Å²) in [5, 5.41) is 17.5. The summed E-state index contributed by atoms with van der Waals surface area (Å²) in [6, 6.07) is 5.65. The minimum absolute atomic E-state index is 0.0373. The van der Waals surface area contributed by atoms with Crippen LogP contribution in [0.1, 0.15) is 37.2 Å². The van der Waals surface area contributed by atoms with Gasteiger partial charge in [0.25, 0.3) is 0 Å². The molecule has 0 aromatic heterocycles. The summed E-state index contributed by atoms with van der Waals surface area (Å²) in [5.74, 6) is -3.39. The predicted octanol–water partition coefficient (Wildman–Crippen LogP) is 4.55. The Morgan fingerprint density at radius 3 is 2.22 bits per heavy atom. The van der Waals surface area contributed by atoms with Crippen LogP contribution in [0.2, 0.25) is 10.0 Å². The van der Waals surface area contributed by atoms with Crippen LogP contribution in [0, 0.1) is 5.92 Å². The zero-order valence-corrected chi connectivity index (χ0v) is 18.6. The molecule has 178 valence electrons. The molecular weight excluding hydrogens is 472 g/mol. The molecule has 1 aliphatic heterocycles. The molecule has 1 aliphatic carbocycles. The third-order valence-electron chi connectivity index (χ3n) is 5.64. The van der Waals surface area contributed by atoms with Gasteiger partial charge >= 0.3 is 18.1 Å². The number of alkyl halides is 3. The Balaban J connectivity index is 0.000000451. The van der Waals surface area contributed by atoms with Gasteiger partial charge in [0.1, 0.15) is 0 Å². The van der Waals surface area contributed by atoms with Crippen molar-refractivity contribution < 1.29 is 33.0 Å². The zero-order valence-electron chi connectivity index (χ0n) is 17.1. The van der Waals surface area contributed by atoms with Crippen molar-refractivity contribution in [3.05, 3.63) is 45.5 Å². The van der Waals surface area contributed by atoms with Gasteiger partial charge in [0.15, 0.2) is 0 Å². The van der Waals surface area contributed by atoms with E-state index in [1.807, 2.05) is 12.1 Å². The van der Waals surface area contributed by atoms with Crippen LogP contribution in [0.3, 0.4) is 0 Å². The Labute approximate surface area is 193 Å². The van der Waals surface area contributed by atoms with E-state index in [1.165, 1.54) is 5.57 Å². The van der Waals surface area contributed by atoms with E-state index in [-0.39, 0.29) is 17.9 Å². The number of carbonyl (C=O) groups is 2. The van der Waals surface area contributed by atoms with Crippen molar-refractivity contribution in [1.29, 1.82) is 0 Å². The lowest BCUT2D eigenvalue weighted by molar-refractivity contribution is -0.192. The second kappa shape index (κ2) is 11.4. The first-order valence-electron chi connectivity index (χ1n) is 10.0. The molecule has 1 aromatic carbocycles. The van der Waals surface area contributed by atoms with Crippen LogP contribution in [-0.2, 0) is 9.59 Å². The molecule has 4 N–H and O–H groups in total. The molecule has 3 rings (SSSR count). The molecule has 0 radical (unpaired) electrons. The van der Waals surface area contributed by atoms with Crippen molar-refractivity contribution >= 4 is 35.1 Å². The SMILES string of the molecule is N[C@H]1CC(CN2CCC(C(=O)O)CC2)=CC[C@@H]1c1ccc(Cl)cc1Cl.O=C(O)C(F)(F)F. The van der Waals surface area contributed by atoms with Crippen LogP contribution in [-0.4, -0.2) is 58.9 Å². The number of carboxylic acid groups (broad SMARTS) is 2. The predicted molar refractivity (Wildman–Crippen MR) is 115 cm³/mol. The van der Waals surface area contributed by atoms with Gasteiger partial charge in [-0.15, -0.1) is 0 Å². The van der Waals surface area contributed by atoms with Gasteiger partial charge in [-0.25, -0.2) is 4.79 Å². The fourth-order valence-corrected chi connectivity index (χ4v) is 4.46. The Hall–Kier alpha value is -1.81. The van der Waals surface area contributed by atoms with E-state index in [0.717, 1.165) is 50.9 Å². The van der Waals surface area contributed by atoms with E-state index in [0.29, 0.717) is 10.0 Å². The number of carboxylic acids is 2. The number of benzene rings is 1. The molecule has 1 saturated heterocycles. The molecule has 1 heterocycles. The first-order chi connectivity index (χ1) is 14.9. The quantitative estimate of drug-likeness (QED) is 0.528. The number of hydrogen-bond acceptors (Lipinski definition) is 4. The molecule has 0 saturated carbocycles. The summed E-state index contributed by atoms with van der Waals surface area (Å²) < 4.78 is 31.7. The summed E-state index contributed by atoms with van der Waals surface area (Å²) in [7, 11) is 0. The molecule has 0 amide bonds.